The molecule has 8 rings (SSSR count). The van der Waals surface area contributed by atoms with Gasteiger partial charge in [-0.2, -0.15) is 0 Å². The largest absolute Gasteiger partial charge is 0.249 e. The van der Waals surface area contributed by atoms with Gasteiger partial charge in [0.15, 0.2) is 0 Å². The van der Waals surface area contributed by atoms with E-state index in [9.17, 15) is 4.21 Å². The summed E-state index contributed by atoms with van der Waals surface area (Å²) in [6.45, 7) is 4.42. The minimum absolute atomic E-state index is 0.257. The van der Waals surface area contributed by atoms with Crippen molar-refractivity contribution in [2.24, 2.45) is 11.8 Å². The van der Waals surface area contributed by atoms with Crippen molar-refractivity contribution in [1.82, 2.24) is 0 Å². The van der Waals surface area contributed by atoms with E-state index in [0.717, 1.165) is 29.1 Å². The van der Waals surface area contributed by atoms with E-state index in [0.29, 0.717) is 11.8 Å². The third kappa shape index (κ3) is 2.54. The van der Waals surface area contributed by atoms with Gasteiger partial charge in [-0.1, -0.05) is 61.0 Å². The number of benzene rings is 2. The van der Waals surface area contributed by atoms with Crippen LogP contribution in [0.4, 0.5) is 0 Å². The maximum absolute atomic E-state index is 13.4. The third-order valence-electron chi connectivity index (χ3n) is 6.41. The Morgan fingerprint density at radius 2 is 1.62 bits per heavy atom. The molecular formula is C24H24OS. The van der Waals surface area contributed by atoms with Crippen LogP contribution in [0.1, 0.15) is 42.0 Å². The summed E-state index contributed by atoms with van der Waals surface area (Å²) < 4.78 is 13.4. The maximum atomic E-state index is 13.4. The summed E-state index contributed by atoms with van der Waals surface area (Å²) in [5, 5.41) is 0. The lowest BCUT2D eigenvalue weighted by Crippen LogP contribution is -2.28. The van der Waals surface area contributed by atoms with Crippen molar-refractivity contribution in [3.63, 3.8) is 0 Å². The van der Waals surface area contributed by atoms with Crippen LogP contribution in [0.15, 0.2) is 70.0 Å². The summed E-state index contributed by atoms with van der Waals surface area (Å²) in [7, 11) is -1.03. The van der Waals surface area contributed by atoms with Crippen LogP contribution >= 0.6 is 0 Å². The molecule has 4 atom stereocenters. The summed E-state index contributed by atoms with van der Waals surface area (Å²) in [5.74, 6) is 1.01. The average Bonchev–Trinajstić information content (AvgIpc) is 2.64. The molecule has 132 valence electrons. The van der Waals surface area contributed by atoms with E-state index in [4.69, 9.17) is 0 Å². The summed E-state index contributed by atoms with van der Waals surface area (Å²) >= 11 is 0. The van der Waals surface area contributed by atoms with Gasteiger partial charge in [-0.25, -0.2) is 4.21 Å². The lowest BCUT2D eigenvalue weighted by Gasteiger charge is -2.37. The number of hydrogen-bond acceptors (Lipinski definition) is 1. The topological polar surface area (TPSA) is 17.1 Å². The first-order valence-electron chi connectivity index (χ1n) is 9.62. The Morgan fingerprint density at radius 3 is 2.42 bits per heavy atom. The average molecular weight is 361 g/mol. The molecule has 0 spiro atoms. The number of fused-ring (bicyclic) bond motifs is 1. The lowest BCUT2D eigenvalue weighted by atomic mass is 9.76. The molecule has 2 heteroatoms. The monoisotopic (exact) mass is 360 g/mol. The predicted molar refractivity (Wildman–Crippen MR) is 108 cm³/mol. The Labute approximate surface area is 158 Å². The summed E-state index contributed by atoms with van der Waals surface area (Å²) in [6.07, 6.45) is 7.71. The molecule has 2 aromatic carbocycles. The van der Waals surface area contributed by atoms with Crippen molar-refractivity contribution < 1.29 is 4.21 Å². The quantitative estimate of drug-likeness (QED) is 0.581. The molecule has 6 bridgehead atoms. The van der Waals surface area contributed by atoms with Gasteiger partial charge in [0, 0.05) is 21.6 Å². The SMILES string of the molecule is CC1=CC2C(=C[C@@H]1C)S(=O)c1cc3ccc1[C@@H]2Cc1ccc(cc1)CC3. The molecule has 5 aliphatic carbocycles. The van der Waals surface area contributed by atoms with Crippen molar-refractivity contribution in [3.05, 3.63) is 87.3 Å². The van der Waals surface area contributed by atoms with Gasteiger partial charge in [-0.3, -0.25) is 0 Å². The minimum Gasteiger partial charge on any atom is -0.249 e. The molecule has 0 saturated carbocycles. The van der Waals surface area contributed by atoms with Crippen LogP contribution in [0, 0.1) is 11.8 Å². The minimum atomic E-state index is -1.03. The molecular weight excluding hydrogens is 336 g/mol. The van der Waals surface area contributed by atoms with Crippen molar-refractivity contribution in [2.75, 3.05) is 0 Å². The van der Waals surface area contributed by atoms with Crippen LogP contribution in [-0.4, -0.2) is 4.21 Å². The van der Waals surface area contributed by atoms with Crippen LogP contribution in [0.25, 0.3) is 0 Å². The van der Waals surface area contributed by atoms with Crippen LogP contribution in [0.3, 0.4) is 0 Å². The molecule has 6 aliphatic rings. The molecule has 1 aliphatic heterocycles. The molecule has 0 aromatic heterocycles. The molecule has 1 heterocycles. The normalized spacial score (nSPS) is 29.3. The number of rotatable bonds is 0. The van der Waals surface area contributed by atoms with E-state index < -0.39 is 10.8 Å². The first-order valence-corrected chi connectivity index (χ1v) is 10.8. The van der Waals surface area contributed by atoms with E-state index in [1.54, 1.807) is 0 Å². The molecule has 0 saturated heterocycles. The Balaban J connectivity index is 1.73. The standard InChI is InChI=1S/C24H24OS/c1-15-11-22-21-13-18-6-3-17(4-7-18)5-8-19-9-10-20(21)24(14-19)26(25)23(22)12-16(15)2/h3-4,6-7,9-12,14,16,21-22H,5,8,13H2,1-2H3/t16-,21-,22?,26?/m0/s1. The third-order valence-corrected chi connectivity index (χ3v) is 8.00. The Kier molecular flexibility index (Phi) is 3.79. The van der Waals surface area contributed by atoms with Gasteiger partial charge >= 0.3 is 0 Å². The van der Waals surface area contributed by atoms with Crippen LogP contribution in [-0.2, 0) is 30.1 Å². The fraction of sp³-hybridized carbons (Fsp3) is 0.333. The molecule has 1 nitrogen and oxygen atoms in total. The van der Waals surface area contributed by atoms with Gasteiger partial charge < -0.3 is 0 Å². The summed E-state index contributed by atoms with van der Waals surface area (Å²) in [6, 6.07) is 15.9. The lowest BCUT2D eigenvalue weighted by molar-refractivity contribution is 0.538. The number of hydrogen-bond donors (Lipinski definition) is 0. The first-order chi connectivity index (χ1) is 12.6. The fourth-order valence-corrected chi connectivity index (χ4v) is 6.40. The molecule has 0 N–H and O–H groups in total. The van der Waals surface area contributed by atoms with Crippen molar-refractivity contribution in [3.8, 4) is 0 Å². The van der Waals surface area contributed by atoms with Gasteiger partial charge in [0.2, 0.25) is 0 Å². The Morgan fingerprint density at radius 1 is 0.923 bits per heavy atom. The molecule has 0 amide bonds. The van der Waals surface area contributed by atoms with Gasteiger partial charge in [-0.05, 0) is 60.4 Å². The zero-order valence-corrected chi connectivity index (χ0v) is 16.2. The zero-order chi connectivity index (χ0) is 17.8. The van der Waals surface area contributed by atoms with Gasteiger partial charge in [0.1, 0.15) is 0 Å². The van der Waals surface area contributed by atoms with E-state index in [1.165, 1.54) is 27.8 Å². The highest BCUT2D eigenvalue weighted by Gasteiger charge is 2.38. The summed E-state index contributed by atoms with van der Waals surface area (Å²) in [4.78, 5) is 2.19. The highest BCUT2D eigenvalue weighted by molar-refractivity contribution is 7.89. The van der Waals surface area contributed by atoms with Crippen LogP contribution < -0.4 is 0 Å². The van der Waals surface area contributed by atoms with E-state index in [1.807, 2.05) is 0 Å². The summed E-state index contributed by atoms with van der Waals surface area (Å²) in [5.41, 5.74) is 6.76. The van der Waals surface area contributed by atoms with E-state index >= 15 is 0 Å². The van der Waals surface area contributed by atoms with Gasteiger partial charge in [0.05, 0.1) is 10.8 Å². The maximum Gasteiger partial charge on any atom is 0.0814 e. The van der Waals surface area contributed by atoms with Gasteiger partial charge in [-0.15, -0.1) is 0 Å². The smallest absolute Gasteiger partial charge is 0.0814 e. The molecule has 0 radical (unpaired) electrons. The second-order valence-corrected chi connectivity index (χ2v) is 9.51. The predicted octanol–water partition coefficient (Wildman–Crippen LogP) is 5.33. The van der Waals surface area contributed by atoms with Crippen molar-refractivity contribution in [2.45, 2.75) is 43.9 Å². The number of allylic oxidation sites excluding steroid dienone is 4. The van der Waals surface area contributed by atoms with E-state index in [2.05, 4.69) is 68.5 Å². The zero-order valence-electron chi connectivity index (χ0n) is 15.4. The Hall–Kier alpha value is -1.93. The molecule has 2 unspecified atom stereocenters. The number of aryl methyl sites for hydroxylation is 2. The van der Waals surface area contributed by atoms with Crippen LogP contribution in [0.5, 0.6) is 0 Å². The first kappa shape index (κ1) is 16.3. The second kappa shape index (κ2) is 6.06. The molecule has 0 fully saturated rings. The van der Waals surface area contributed by atoms with Crippen molar-refractivity contribution in [1.29, 1.82) is 0 Å². The van der Waals surface area contributed by atoms with Gasteiger partial charge in [0.25, 0.3) is 0 Å². The fourth-order valence-electron chi connectivity index (χ4n) is 4.65. The highest BCUT2D eigenvalue weighted by atomic mass is 32.2. The highest BCUT2D eigenvalue weighted by Crippen LogP contribution is 2.48. The van der Waals surface area contributed by atoms with E-state index in [-0.39, 0.29) is 5.92 Å². The molecule has 26 heavy (non-hydrogen) atoms. The van der Waals surface area contributed by atoms with Crippen LogP contribution in [0.2, 0.25) is 0 Å². The Bertz CT molecular complexity index is 964. The molecule has 2 aromatic rings. The van der Waals surface area contributed by atoms with Crippen molar-refractivity contribution >= 4 is 10.8 Å². The second-order valence-electron chi connectivity index (χ2n) is 8.06.